The quantitative estimate of drug-likeness (QED) is 0.673. The molecule has 142 valence electrons. The van der Waals surface area contributed by atoms with E-state index in [2.05, 4.69) is 33.1 Å². The molecule has 0 bridgehead atoms. The van der Waals surface area contributed by atoms with Crippen LogP contribution in [-0.2, 0) is 0 Å². The highest BCUT2D eigenvalue weighted by atomic mass is 79.9. The topological polar surface area (TPSA) is 50.8 Å². The lowest BCUT2D eigenvalue weighted by Crippen LogP contribution is -2.40. The highest BCUT2D eigenvalue weighted by Gasteiger charge is 2.26. The lowest BCUT2D eigenvalue weighted by Gasteiger charge is -2.23. The molecule has 0 radical (unpaired) electrons. The molecule has 7 heteroatoms. The second kappa shape index (κ2) is 10.9. The number of carbonyl (C=O) groups excluding carboxylic acids is 1. The minimum atomic E-state index is -0.147. The number of nitrogens with zero attached hydrogens (tertiary/aromatic N) is 1. The summed E-state index contributed by atoms with van der Waals surface area (Å²) in [6, 6.07) is 4.07. The van der Waals surface area contributed by atoms with Gasteiger partial charge in [-0.25, -0.2) is 0 Å². The van der Waals surface area contributed by atoms with E-state index in [1.165, 1.54) is 6.42 Å². The first-order valence-electron chi connectivity index (χ1n) is 8.72. The molecule has 1 saturated heterocycles. The maximum Gasteiger partial charge on any atom is 0.258 e. The highest BCUT2D eigenvalue weighted by molar-refractivity contribution is 9.10. The number of ether oxygens (including phenoxy) is 2. The Morgan fingerprint density at radius 1 is 1.28 bits per heavy atom. The number of halogens is 2. The van der Waals surface area contributed by atoms with Gasteiger partial charge in [0.2, 0.25) is 0 Å². The molecular formula is C18H28BrClN2O3. The van der Waals surface area contributed by atoms with Crippen LogP contribution in [0, 0.1) is 0 Å². The Hall–Kier alpha value is -0.980. The van der Waals surface area contributed by atoms with Crippen LogP contribution in [0.5, 0.6) is 11.5 Å². The molecular weight excluding hydrogens is 408 g/mol. The molecule has 0 aromatic heterocycles. The molecule has 1 aromatic rings. The zero-order chi connectivity index (χ0) is 17.5. The fourth-order valence-electron chi connectivity index (χ4n) is 3.16. The van der Waals surface area contributed by atoms with Gasteiger partial charge in [-0.15, -0.1) is 12.4 Å². The molecule has 1 aliphatic rings. The van der Waals surface area contributed by atoms with Crippen molar-refractivity contribution in [3.05, 3.63) is 22.2 Å². The van der Waals surface area contributed by atoms with Gasteiger partial charge in [0.25, 0.3) is 5.91 Å². The third-order valence-corrected chi connectivity index (χ3v) is 4.91. The zero-order valence-corrected chi connectivity index (χ0v) is 17.5. The van der Waals surface area contributed by atoms with Crippen molar-refractivity contribution in [3.8, 4) is 11.5 Å². The summed E-state index contributed by atoms with van der Waals surface area (Å²) in [7, 11) is 0. The molecule has 0 spiro atoms. The van der Waals surface area contributed by atoms with E-state index in [4.69, 9.17) is 9.47 Å². The molecule has 0 saturated carbocycles. The number of carbonyl (C=O) groups is 1. The van der Waals surface area contributed by atoms with Gasteiger partial charge in [0, 0.05) is 12.6 Å². The molecule has 2 rings (SSSR count). The summed E-state index contributed by atoms with van der Waals surface area (Å²) in [5, 5.41) is 3.07. The van der Waals surface area contributed by atoms with Gasteiger partial charge < -0.3 is 14.8 Å². The van der Waals surface area contributed by atoms with Crippen LogP contribution < -0.4 is 14.8 Å². The van der Waals surface area contributed by atoms with Crippen LogP contribution in [-0.4, -0.2) is 49.7 Å². The summed E-state index contributed by atoms with van der Waals surface area (Å²) in [5.74, 6) is 0.950. The number of rotatable bonds is 8. The molecule has 1 atom stereocenters. The third-order valence-electron chi connectivity index (χ3n) is 4.29. The van der Waals surface area contributed by atoms with E-state index < -0.39 is 0 Å². The van der Waals surface area contributed by atoms with Crippen molar-refractivity contribution in [2.45, 2.75) is 39.7 Å². The van der Waals surface area contributed by atoms with E-state index in [1.807, 2.05) is 19.9 Å². The normalized spacial score (nSPS) is 17.0. The van der Waals surface area contributed by atoms with Gasteiger partial charge in [-0.1, -0.05) is 6.92 Å². The lowest BCUT2D eigenvalue weighted by molar-refractivity contribution is 0.0933. The Morgan fingerprint density at radius 2 is 2.00 bits per heavy atom. The summed E-state index contributed by atoms with van der Waals surface area (Å²) in [4.78, 5) is 15.2. The average molecular weight is 436 g/mol. The molecule has 5 nitrogen and oxygen atoms in total. The maximum atomic E-state index is 12.8. The molecule has 25 heavy (non-hydrogen) atoms. The number of likely N-dealkylation sites (tertiary alicyclic amines) is 1. The Labute approximate surface area is 165 Å². The second-order valence-electron chi connectivity index (χ2n) is 5.75. The van der Waals surface area contributed by atoms with Gasteiger partial charge in [0.1, 0.15) is 17.1 Å². The van der Waals surface area contributed by atoms with Gasteiger partial charge in [-0.2, -0.15) is 0 Å². The number of hydrogen-bond acceptors (Lipinski definition) is 4. The summed E-state index contributed by atoms with van der Waals surface area (Å²) in [6.45, 7) is 9.74. The van der Waals surface area contributed by atoms with Crippen molar-refractivity contribution in [1.82, 2.24) is 10.2 Å². The van der Waals surface area contributed by atoms with Crippen LogP contribution in [0.15, 0.2) is 16.6 Å². The number of likely N-dealkylation sites (N-methyl/N-ethyl adjacent to an activating group) is 1. The number of nitrogens with one attached hydrogen (secondary N) is 1. The second-order valence-corrected chi connectivity index (χ2v) is 6.60. The van der Waals surface area contributed by atoms with Crippen molar-refractivity contribution < 1.29 is 14.3 Å². The van der Waals surface area contributed by atoms with Crippen LogP contribution in [0.2, 0.25) is 0 Å². The van der Waals surface area contributed by atoms with Crippen LogP contribution >= 0.6 is 28.3 Å². The lowest BCUT2D eigenvalue weighted by atomic mass is 10.1. The first-order valence-corrected chi connectivity index (χ1v) is 9.51. The molecule has 1 unspecified atom stereocenters. The molecule has 1 aromatic carbocycles. The van der Waals surface area contributed by atoms with E-state index in [0.29, 0.717) is 42.9 Å². The molecule has 0 aliphatic carbocycles. The van der Waals surface area contributed by atoms with Crippen molar-refractivity contribution >= 4 is 34.2 Å². The fraction of sp³-hybridized carbons (Fsp3) is 0.611. The van der Waals surface area contributed by atoms with E-state index in [-0.39, 0.29) is 18.3 Å². The Morgan fingerprint density at radius 3 is 2.64 bits per heavy atom. The summed E-state index contributed by atoms with van der Waals surface area (Å²) >= 11 is 3.47. The monoisotopic (exact) mass is 434 g/mol. The van der Waals surface area contributed by atoms with Crippen LogP contribution in [0.4, 0.5) is 0 Å². The predicted molar refractivity (Wildman–Crippen MR) is 106 cm³/mol. The highest BCUT2D eigenvalue weighted by Crippen LogP contribution is 2.36. The summed E-state index contributed by atoms with van der Waals surface area (Å²) in [5.41, 5.74) is 0.467. The standard InChI is InChI=1S/C18H27BrN2O3.ClH/c1-4-21-11-7-8-13(21)12-20-18(22)16-15(23-5-2)10-9-14(19)17(16)24-6-3;/h9-10,13H,4-8,11-12H2,1-3H3,(H,20,22);1H. The van der Waals surface area contributed by atoms with Crippen molar-refractivity contribution in [2.75, 3.05) is 32.8 Å². The van der Waals surface area contributed by atoms with Crippen LogP contribution in [0.25, 0.3) is 0 Å². The Bertz CT molecular complexity index is 571. The van der Waals surface area contributed by atoms with E-state index in [0.717, 1.165) is 24.0 Å². The Kier molecular flexibility index (Phi) is 9.61. The number of hydrogen-bond donors (Lipinski definition) is 1. The molecule has 1 heterocycles. The van der Waals surface area contributed by atoms with Gasteiger partial charge in [-0.05, 0) is 67.8 Å². The third kappa shape index (κ3) is 5.50. The van der Waals surface area contributed by atoms with E-state index in [1.54, 1.807) is 6.07 Å². The minimum Gasteiger partial charge on any atom is -0.493 e. The van der Waals surface area contributed by atoms with Gasteiger partial charge in [0.05, 0.1) is 17.7 Å². The predicted octanol–water partition coefficient (Wildman–Crippen LogP) is 3.88. The van der Waals surface area contributed by atoms with Gasteiger partial charge in [0.15, 0.2) is 0 Å². The maximum absolute atomic E-state index is 12.8. The van der Waals surface area contributed by atoms with Crippen molar-refractivity contribution in [2.24, 2.45) is 0 Å². The minimum absolute atomic E-state index is 0. The van der Waals surface area contributed by atoms with Crippen molar-refractivity contribution in [3.63, 3.8) is 0 Å². The molecule has 1 amide bonds. The Balaban J connectivity index is 0.00000312. The smallest absolute Gasteiger partial charge is 0.258 e. The molecule has 1 N–H and O–H groups in total. The SMILES string of the molecule is CCOc1ccc(Br)c(OCC)c1C(=O)NCC1CCCN1CC.Cl. The van der Waals surface area contributed by atoms with Gasteiger partial charge in [-0.3, -0.25) is 9.69 Å². The van der Waals surface area contributed by atoms with Crippen LogP contribution in [0.3, 0.4) is 0 Å². The molecule has 1 fully saturated rings. The zero-order valence-electron chi connectivity index (χ0n) is 15.1. The summed E-state index contributed by atoms with van der Waals surface area (Å²) < 4.78 is 12.1. The van der Waals surface area contributed by atoms with Gasteiger partial charge >= 0.3 is 0 Å². The van der Waals surface area contributed by atoms with Crippen LogP contribution in [0.1, 0.15) is 44.0 Å². The molecule has 1 aliphatic heterocycles. The average Bonchev–Trinajstić information content (AvgIpc) is 3.03. The summed E-state index contributed by atoms with van der Waals surface area (Å²) in [6.07, 6.45) is 2.32. The van der Waals surface area contributed by atoms with Crippen molar-refractivity contribution in [1.29, 1.82) is 0 Å². The van der Waals surface area contributed by atoms with E-state index in [9.17, 15) is 4.79 Å². The number of amides is 1. The van der Waals surface area contributed by atoms with E-state index >= 15 is 0 Å². The first-order chi connectivity index (χ1) is 11.6. The largest absolute Gasteiger partial charge is 0.493 e. The fourth-order valence-corrected chi connectivity index (χ4v) is 3.60. The first kappa shape index (κ1) is 22.1. The number of benzene rings is 1.